The third-order valence-electron chi connectivity index (χ3n) is 5.87. The van der Waals surface area contributed by atoms with E-state index < -0.39 is 6.04 Å². The average Bonchev–Trinajstić information content (AvgIpc) is 2.97. The van der Waals surface area contributed by atoms with Gasteiger partial charge in [0.2, 0.25) is 23.6 Å². The highest BCUT2D eigenvalue weighted by Crippen LogP contribution is 2.41. The third kappa shape index (κ3) is 6.65. The van der Waals surface area contributed by atoms with Gasteiger partial charge in [0.1, 0.15) is 6.04 Å². The van der Waals surface area contributed by atoms with Crippen LogP contribution in [0.1, 0.15) is 73.6 Å². The molecule has 0 aromatic heterocycles. The summed E-state index contributed by atoms with van der Waals surface area (Å²) in [4.78, 5) is 51.3. The number of rotatable bonds is 11. The molecule has 1 aliphatic heterocycles. The summed E-state index contributed by atoms with van der Waals surface area (Å²) in [5, 5.41) is 5.65. The predicted octanol–water partition coefficient (Wildman–Crippen LogP) is 2.80. The van der Waals surface area contributed by atoms with Crippen LogP contribution in [0.4, 0.5) is 0 Å². The zero-order chi connectivity index (χ0) is 22.4. The molecule has 0 aromatic rings. The fourth-order valence-corrected chi connectivity index (χ4v) is 3.98. The molecule has 1 saturated heterocycles. The molecule has 3 atom stereocenters. The van der Waals surface area contributed by atoms with Crippen LogP contribution in [-0.4, -0.2) is 50.6 Å². The Hall–Kier alpha value is -1.19. The molecule has 0 spiro atoms. The van der Waals surface area contributed by atoms with Gasteiger partial charge in [0.05, 0.1) is 5.92 Å². The number of nitrogens with one attached hydrogen (secondary N) is 2. The van der Waals surface area contributed by atoms with Crippen LogP contribution in [0.3, 0.4) is 0 Å². The molecule has 0 bridgehead atoms. The molecule has 7 nitrogen and oxygen atoms in total. The molecule has 3 unspecified atom stereocenters. The highest BCUT2D eigenvalue weighted by Gasteiger charge is 2.48. The molecule has 166 valence electrons. The Labute approximate surface area is 188 Å². The normalized spacial score (nSPS) is 19.4. The highest BCUT2D eigenvalue weighted by atomic mass is 127. The first-order valence-corrected chi connectivity index (χ1v) is 11.7. The molecule has 4 amide bonds. The first-order valence-electron chi connectivity index (χ1n) is 10.6. The molecule has 8 heteroatoms. The summed E-state index contributed by atoms with van der Waals surface area (Å²) in [6.45, 7) is 11.7. The monoisotopic (exact) mass is 521 g/mol. The van der Waals surface area contributed by atoms with Gasteiger partial charge in [-0.1, -0.05) is 57.2 Å². The van der Waals surface area contributed by atoms with Crippen molar-refractivity contribution in [3.8, 4) is 0 Å². The van der Waals surface area contributed by atoms with Gasteiger partial charge in [0, 0.05) is 28.8 Å². The van der Waals surface area contributed by atoms with Crippen LogP contribution in [0.2, 0.25) is 0 Å². The van der Waals surface area contributed by atoms with E-state index in [2.05, 4.69) is 33.2 Å². The Kier molecular flexibility index (Phi) is 10.0. The Morgan fingerprint density at radius 1 is 1.14 bits per heavy atom. The number of amides is 4. The number of nitrogens with zero attached hydrogens (tertiary/aromatic N) is 1. The van der Waals surface area contributed by atoms with Crippen molar-refractivity contribution in [3.63, 3.8) is 0 Å². The lowest BCUT2D eigenvalue weighted by Crippen LogP contribution is -2.52. The molecule has 0 aliphatic carbocycles. The summed E-state index contributed by atoms with van der Waals surface area (Å²) >= 11 is 2.30. The minimum atomic E-state index is -0.642. The number of carbonyl (C=O) groups excluding carboxylic acids is 4. The molecule has 1 rings (SSSR count). The zero-order valence-electron chi connectivity index (χ0n) is 18.5. The Morgan fingerprint density at radius 3 is 2.21 bits per heavy atom. The standard InChI is InChI=1S/C21H36IN3O4/c1-7-14(6)23-19(28)18(13(4)5)24-16(26)10-11-25-17(27)12-15(20(25)29)21(22,8-2)9-3/h13-15,18H,7-12H2,1-6H3,(H,23,28)(H,24,26). The van der Waals surface area contributed by atoms with E-state index >= 15 is 0 Å². The van der Waals surface area contributed by atoms with Crippen molar-refractivity contribution in [3.05, 3.63) is 0 Å². The van der Waals surface area contributed by atoms with E-state index in [9.17, 15) is 19.2 Å². The SMILES string of the molecule is CCC(C)NC(=O)C(NC(=O)CCN1C(=O)CC(C(I)(CC)CC)C1=O)C(C)C. The summed E-state index contributed by atoms with van der Waals surface area (Å²) < 4.78 is -0.238. The highest BCUT2D eigenvalue weighted by molar-refractivity contribution is 14.1. The molecule has 1 aliphatic rings. The van der Waals surface area contributed by atoms with Gasteiger partial charge in [-0.3, -0.25) is 24.1 Å². The zero-order valence-corrected chi connectivity index (χ0v) is 20.7. The fourth-order valence-electron chi connectivity index (χ4n) is 3.49. The minimum Gasteiger partial charge on any atom is -0.352 e. The van der Waals surface area contributed by atoms with E-state index in [1.807, 2.05) is 41.5 Å². The topological polar surface area (TPSA) is 95.6 Å². The van der Waals surface area contributed by atoms with E-state index in [4.69, 9.17) is 0 Å². The summed E-state index contributed by atoms with van der Waals surface area (Å²) in [7, 11) is 0. The molecular formula is C21H36IN3O4. The Bertz CT molecular complexity index is 619. The summed E-state index contributed by atoms with van der Waals surface area (Å²) in [6, 6.07) is -0.612. The Balaban J connectivity index is 2.70. The quantitative estimate of drug-likeness (QED) is 0.248. The largest absolute Gasteiger partial charge is 0.352 e. The molecule has 0 saturated carbocycles. The van der Waals surface area contributed by atoms with E-state index in [0.717, 1.165) is 19.3 Å². The van der Waals surface area contributed by atoms with Crippen molar-refractivity contribution in [1.82, 2.24) is 15.5 Å². The van der Waals surface area contributed by atoms with E-state index in [-0.39, 0.29) is 64.3 Å². The van der Waals surface area contributed by atoms with Crippen LogP contribution in [0.25, 0.3) is 0 Å². The minimum absolute atomic E-state index is 0.00345. The summed E-state index contributed by atoms with van der Waals surface area (Å²) in [5.74, 6) is -1.36. The van der Waals surface area contributed by atoms with Crippen molar-refractivity contribution in [1.29, 1.82) is 0 Å². The van der Waals surface area contributed by atoms with E-state index in [0.29, 0.717) is 0 Å². The second-order valence-electron chi connectivity index (χ2n) is 8.24. The molecule has 0 radical (unpaired) electrons. The van der Waals surface area contributed by atoms with Gasteiger partial charge in [-0.05, 0) is 32.1 Å². The van der Waals surface area contributed by atoms with Crippen LogP contribution < -0.4 is 10.6 Å². The van der Waals surface area contributed by atoms with Crippen LogP contribution in [0.5, 0.6) is 0 Å². The van der Waals surface area contributed by atoms with Crippen molar-refractivity contribution in [2.24, 2.45) is 11.8 Å². The second-order valence-corrected chi connectivity index (χ2v) is 10.4. The van der Waals surface area contributed by atoms with Crippen molar-refractivity contribution >= 4 is 46.2 Å². The average molecular weight is 521 g/mol. The van der Waals surface area contributed by atoms with Gasteiger partial charge in [-0.2, -0.15) is 0 Å². The maximum atomic E-state index is 12.8. The number of likely N-dealkylation sites (tertiary alicyclic amines) is 1. The number of alkyl halides is 1. The van der Waals surface area contributed by atoms with E-state index in [1.54, 1.807) is 0 Å². The molecule has 1 fully saturated rings. The maximum absolute atomic E-state index is 12.8. The first kappa shape index (κ1) is 25.8. The summed E-state index contributed by atoms with van der Waals surface area (Å²) in [5.41, 5.74) is 0. The third-order valence-corrected chi connectivity index (χ3v) is 8.15. The predicted molar refractivity (Wildman–Crippen MR) is 121 cm³/mol. The molecular weight excluding hydrogens is 485 g/mol. The fraction of sp³-hybridized carbons (Fsp3) is 0.810. The molecule has 0 aromatic carbocycles. The number of imide groups is 1. The van der Waals surface area contributed by atoms with Gasteiger partial charge in [-0.25, -0.2) is 0 Å². The Morgan fingerprint density at radius 2 is 1.72 bits per heavy atom. The first-order chi connectivity index (χ1) is 13.5. The molecule has 1 heterocycles. The number of hydrogen-bond donors (Lipinski definition) is 2. The van der Waals surface area contributed by atoms with Crippen LogP contribution in [0.15, 0.2) is 0 Å². The summed E-state index contributed by atoms with van der Waals surface area (Å²) in [6.07, 6.45) is 2.62. The van der Waals surface area contributed by atoms with Crippen LogP contribution in [0, 0.1) is 11.8 Å². The lowest BCUT2D eigenvalue weighted by molar-refractivity contribution is -0.140. The molecule has 29 heavy (non-hydrogen) atoms. The number of halogens is 1. The van der Waals surface area contributed by atoms with E-state index in [1.165, 1.54) is 4.90 Å². The molecule has 2 N–H and O–H groups in total. The smallest absolute Gasteiger partial charge is 0.243 e. The van der Waals surface area contributed by atoms with Gasteiger partial charge in [0.15, 0.2) is 0 Å². The maximum Gasteiger partial charge on any atom is 0.243 e. The van der Waals surface area contributed by atoms with Crippen molar-refractivity contribution in [2.45, 2.75) is 89.2 Å². The lowest BCUT2D eigenvalue weighted by Gasteiger charge is -2.29. The number of carbonyl (C=O) groups is 4. The van der Waals surface area contributed by atoms with Gasteiger partial charge < -0.3 is 10.6 Å². The van der Waals surface area contributed by atoms with Crippen molar-refractivity contribution < 1.29 is 19.2 Å². The van der Waals surface area contributed by atoms with Gasteiger partial charge in [0.25, 0.3) is 0 Å². The van der Waals surface area contributed by atoms with Gasteiger partial charge >= 0.3 is 0 Å². The number of hydrogen-bond acceptors (Lipinski definition) is 4. The lowest BCUT2D eigenvalue weighted by atomic mass is 9.86. The van der Waals surface area contributed by atoms with Gasteiger partial charge in [-0.15, -0.1) is 0 Å². The second kappa shape index (κ2) is 11.3. The van der Waals surface area contributed by atoms with Crippen LogP contribution >= 0.6 is 22.6 Å². The van der Waals surface area contributed by atoms with Crippen LogP contribution in [-0.2, 0) is 19.2 Å². The van der Waals surface area contributed by atoms with Crippen molar-refractivity contribution in [2.75, 3.05) is 6.54 Å².